The van der Waals surface area contributed by atoms with Gasteiger partial charge >= 0.3 is 6.18 Å². The molecule has 1 atom stereocenters. The number of hydrogen-bond donors (Lipinski definition) is 2. The lowest BCUT2D eigenvalue weighted by molar-refractivity contribution is -0.137. The fourth-order valence-electron chi connectivity index (χ4n) is 3.08. The molecular weight excluding hydrogens is 402 g/mol. The lowest BCUT2D eigenvalue weighted by Crippen LogP contribution is -2.37. The Labute approximate surface area is 167 Å². The van der Waals surface area contributed by atoms with Crippen molar-refractivity contribution in [3.05, 3.63) is 87.6 Å². The molecule has 0 unspecified atom stereocenters. The Morgan fingerprint density at radius 1 is 1.10 bits per heavy atom. The molecule has 0 saturated carbocycles. The van der Waals surface area contributed by atoms with Crippen LogP contribution in [-0.4, -0.2) is 15.5 Å². The highest BCUT2D eigenvalue weighted by Gasteiger charge is 2.31. The number of aliphatic imine (C=N–C) groups is 1. The number of nitrogens with one attached hydrogen (secondary N) is 2. The van der Waals surface area contributed by atoms with E-state index in [0.29, 0.717) is 11.3 Å². The number of guanidine groups is 1. The third kappa shape index (κ3) is 3.88. The third-order valence-electron chi connectivity index (χ3n) is 4.43. The first-order valence-electron chi connectivity index (χ1n) is 8.85. The van der Waals surface area contributed by atoms with Crippen molar-refractivity contribution in [2.75, 3.05) is 10.6 Å². The first-order valence-corrected chi connectivity index (χ1v) is 8.85. The topological polar surface area (TPSA) is 71.3 Å². The predicted molar refractivity (Wildman–Crippen MR) is 104 cm³/mol. The van der Waals surface area contributed by atoms with Crippen LogP contribution in [0.1, 0.15) is 23.0 Å². The zero-order valence-electron chi connectivity index (χ0n) is 15.5. The first kappa shape index (κ1) is 19.6. The Bertz CT molecular complexity index is 1190. The van der Waals surface area contributed by atoms with Crippen LogP contribution in [0.4, 0.5) is 29.2 Å². The van der Waals surface area contributed by atoms with Crippen molar-refractivity contribution in [1.82, 2.24) is 9.55 Å². The lowest BCUT2D eigenvalue weighted by atomic mass is 10.1. The molecule has 2 heterocycles. The molecule has 1 aliphatic rings. The second-order valence-corrected chi connectivity index (χ2v) is 6.66. The van der Waals surface area contributed by atoms with E-state index in [1.165, 1.54) is 47.0 Å². The van der Waals surface area contributed by atoms with Crippen molar-refractivity contribution in [3.8, 4) is 0 Å². The van der Waals surface area contributed by atoms with Crippen molar-refractivity contribution in [2.45, 2.75) is 19.3 Å². The Hall–Kier alpha value is -3.69. The number of aryl methyl sites for hydroxylation is 1. The summed E-state index contributed by atoms with van der Waals surface area (Å²) < 4.78 is 53.6. The summed E-state index contributed by atoms with van der Waals surface area (Å²) in [6.45, 7) is 1.64. The predicted octanol–water partition coefficient (Wildman–Crippen LogP) is 4.15. The highest BCUT2D eigenvalue weighted by Crippen LogP contribution is 2.31. The van der Waals surface area contributed by atoms with Crippen LogP contribution in [0, 0.1) is 12.7 Å². The highest BCUT2D eigenvalue weighted by molar-refractivity contribution is 6.03. The average Bonchev–Trinajstić information content (AvgIpc) is 2.67. The molecule has 0 aliphatic carbocycles. The highest BCUT2D eigenvalue weighted by atomic mass is 19.4. The van der Waals surface area contributed by atoms with E-state index < -0.39 is 23.7 Å². The minimum Gasteiger partial charge on any atom is -0.326 e. The van der Waals surface area contributed by atoms with E-state index in [1.54, 1.807) is 6.92 Å². The quantitative estimate of drug-likeness (QED) is 0.615. The number of nitrogens with zero attached hydrogens (tertiary/aromatic N) is 3. The minimum absolute atomic E-state index is 0.0983. The van der Waals surface area contributed by atoms with Gasteiger partial charge < -0.3 is 5.32 Å². The van der Waals surface area contributed by atoms with Gasteiger partial charge in [0.25, 0.3) is 5.56 Å². The number of aromatic nitrogens is 2. The van der Waals surface area contributed by atoms with Crippen LogP contribution in [0.25, 0.3) is 0 Å². The Morgan fingerprint density at radius 2 is 1.83 bits per heavy atom. The number of fused-ring (bicyclic) bond motifs is 1. The van der Waals surface area contributed by atoms with E-state index in [9.17, 15) is 22.4 Å². The molecular formula is C20H15F4N5O. The molecule has 0 amide bonds. The molecule has 10 heteroatoms. The maximum atomic E-state index is 13.3. The van der Waals surface area contributed by atoms with Crippen LogP contribution in [0.5, 0.6) is 0 Å². The molecule has 154 valence electrons. The van der Waals surface area contributed by atoms with Gasteiger partial charge in [0.1, 0.15) is 5.82 Å². The third-order valence-corrected chi connectivity index (χ3v) is 4.43. The summed E-state index contributed by atoms with van der Waals surface area (Å²) in [5.74, 6) is -0.187. The van der Waals surface area contributed by atoms with Crippen LogP contribution in [0.2, 0.25) is 0 Å². The molecule has 1 aromatic heterocycles. The molecule has 3 aromatic rings. The molecule has 2 aromatic carbocycles. The normalized spacial score (nSPS) is 15.8. The van der Waals surface area contributed by atoms with Gasteiger partial charge in [-0.1, -0.05) is 18.2 Å². The van der Waals surface area contributed by atoms with E-state index in [0.717, 1.165) is 12.1 Å². The van der Waals surface area contributed by atoms with Crippen molar-refractivity contribution in [2.24, 2.45) is 4.99 Å². The van der Waals surface area contributed by atoms with Gasteiger partial charge in [-0.15, -0.1) is 0 Å². The summed E-state index contributed by atoms with van der Waals surface area (Å²) in [7, 11) is 0. The van der Waals surface area contributed by atoms with Crippen LogP contribution in [0.3, 0.4) is 0 Å². The van der Waals surface area contributed by atoms with Crippen molar-refractivity contribution in [1.29, 1.82) is 0 Å². The zero-order chi connectivity index (χ0) is 21.5. The van der Waals surface area contributed by atoms with Gasteiger partial charge in [-0.2, -0.15) is 13.2 Å². The summed E-state index contributed by atoms with van der Waals surface area (Å²) >= 11 is 0. The summed E-state index contributed by atoms with van der Waals surface area (Å²) in [4.78, 5) is 21.3. The molecule has 4 rings (SSSR count). The van der Waals surface area contributed by atoms with Gasteiger partial charge in [-0.05, 0) is 42.8 Å². The van der Waals surface area contributed by atoms with Gasteiger partial charge in [0.2, 0.25) is 11.9 Å². The summed E-state index contributed by atoms with van der Waals surface area (Å²) in [5, 5.41) is 5.63. The second-order valence-electron chi connectivity index (χ2n) is 6.66. The molecule has 0 saturated heterocycles. The summed E-state index contributed by atoms with van der Waals surface area (Å²) in [5.41, 5.74) is -0.0738. The van der Waals surface area contributed by atoms with Gasteiger partial charge in [0.15, 0.2) is 6.17 Å². The maximum Gasteiger partial charge on any atom is 0.416 e. The zero-order valence-corrected chi connectivity index (χ0v) is 15.5. The number of alkyl halides is 3. The molecule has 1 aliphatic heterocycles. The van der Waals surface area contributed by atoms with E-state index >= 15 is 0 Å². The van der Waals surface area contributed by atoms with Crippen LogP contribution in [-0.2, 0) is 6.18 Å². The fourth-order valence-corrected chi connectivity index (χ4v) is 3.08. The number of rotatable bonds is 2. The monoisotopic (exact) mass is 417 g/mol. The molecule has 30 heavy (non-hydrogen) atoms. The fraction of sp³-hybridized carbons (Fsp3) is 0.150. The van der Waals surface area contributed by atoms with Crippen LogP contribution >= 0.6 is 0 Å². The molecule has 0 fully saturated rings. The van der Waals surface area contributed by atoms with Crippen molar-refractivity contribution >= 4 is 17.6 Å². The first-order chi connectivity index (χ1) is 14.2. The maximum absolute atomic E-state index is 13.3. The Morgan fingerprint density at radius 3 is 2.53 bits per heavy atom. The van der Waals surface area contributed by atoms with E-state index in [2.05, 4.69) is 20.6 Å². The number of hydrogen-bond acceptors (Lipinski definition) is 5. The second kappa shape index (κ2) is 7.29. The van der Waals surface area contributed by atoms with E-state index in [4.69, 9.17) is 0 Å². The van der Waals surface area contributed by atoms with Gasteiger partial charge in [-0.3, -0.25) is 14.7 Å². The standard InChI is InChI=1S/C20H15F4N5O/c1-11-9-16(30)29-17(12-5-7-14(21)8-6-12)27-18(28-19(29)25-11)26-15-4-2-3-13(10-15)20(22,23)24/h2-10,17H,1H3,(H2,25,26,27,28)/t17-/m1/s1. The Kier molecular flexibility index (Phi) is 4.76. The molecule has 0 spiro atoms. The molecule has 0 radical (unpaired) electrons. The largest absolute Gasteiger partial charge is 0.416 e. The number of anilines is 2. The SMILES string of the molecule is Cc1cc(=O)n2c(n1)NC(Nc1cccc(C(F)(F)F)c1)=N[C@H]2c1ccc(F)cc1. The smallest absolute Gasteiger partial charge is 0.326 e. The van der Waals surface area contributed by atoms with Crippen molar-refractivity contribution in [3.63, 3.8) is 0 Å². The van der Waals surface area contributed by atoms with Crippen LogP contribution < -0.4 is 16.2 Å². The van der Waals surface area contributed by atoms with E-state index in [1.807, 2.05) is 0 Å². The summed E-state index contributed by atoms with van der Waals surface area (Å²) in [6, 6.07) is 11.4. The van der Waals surface area contributed by atoms with Crippen molar-refractivity contribution < 1.29 is 17.6 Å². The molecule has 0 bridgehead atoms. The molecule has 6 nitrogen and oxygen atoms in total. The lowest BCUT2D eigenvalue weighted by Gasteiger charge is -2.27. The molecule has 2 N–H and O–H groups in total. The van der Waals surface area contributed by atoms with Crippen LogP contribution in [0.15, 0.2) is 64.4 Å². The van der Waals surface area contributed by atoms with Gasteiger partial charge in [-0.25, -0.2) is 14.4 Å². The number of halogens is 4. The summed E-state index contributed by atoms with van der Waals surface area (Å²) in [6.07, 6.45) is -5.37. The van der Waals surface area contributed by atoms with Gasteiger partial charge in [0, 0.05) is 17.4 Å². The minimum atomic E-state index is -4.49. The average molecular weight is 417 g/mol. The number of benzene rings is 2. The van der Waals surface area contributed by atoms with Gasteiger partial charge in [0.05, 0.1) is 5.56 Å². The Balaban J connectivity index is 1.76. The van der Waals surface area contributed by atoms with E-state index in [-0.39, 0.29) is 23.2 Å².